The van der Waals surface area contributed by atoms with Crippen LogP contribution in [0.25, 0.3) is 33.5 Å². The molecule has 5 rings (SSSR count). The maximum atomic E-state index is 13.6. The predicted octanol–water partition coefficient (Wildman–Crippen LogP) is 6.40. The van der Waals surface area contributed by atoms with Crippen molar-refractivity contribution in [2.24, 2.45) is 5.10 Å². The molecular formula is C29H23BrIN3O6. The summed E-state index contributed by atoms with van der Waals surface area (Å²) in [6, 6.07) is 18.1. The Morgan fingerprint density at radius 1 is 1.10 bits per heavy atom. The van der Waals surface area contributed by atoms with Crippen LogP contribution in [0.4, 0.5) is 0 Å². The molecule has 0 unspecified atom stereocenters. The molecule has 2 aromatic heterocycles. The first-order valence-corrected chi connectivity index (χ1v) is 14.3. The van der Waals surface area contributed by atoms with E-state index in [4.69, 9.17) is 23.6 Å². The summed E-state index contributed by atoms with van der Waals surface area (Å²) in [5.41, 5.74) is 1.50. The molecular weight excluding hydrogens is 693 g/mol. The Balaban J connectivity index is 1.58. The Morgan fingerprint density at radius 3 is 2.73 bits per heavy atom. The Morgan fingerprint density at radius 2 is 1.93 bits per heavy atom. The van der Waals surface area contributed by atoms with E-state index in [1.165, 1.54) is 4.68 Å². The molecule has 0 saturated heterocycles. The maximum absolute atomic E-state index is 13.6. The van der Waals surface area contributed by atoms with E-state index in [1.807, 2.05) is 43.3 Å². The van der Waals surface area contributed by atoms with Crippen LogP contribution in [0.15, 0.2) is 79.4 Å². The molecule has 2 heterocycles. The SMILES string of the molecule is CCOC(=O)COc1c(I)cc(C=Nn2c(-c3cc4cc(Br)ccc4o3)nc3ccccc3c2=O)cc1OCC. The standard InChI is InChI=1S/C29H23BrIN3O6/c1-3-37-24-12-17(11-21(31)27(24)39-16-26(35)38-4-2)15-32-34-28(33-22-8-6-5-7-20(22)29(34)36)25-14-18-13-19(30)9-10-23(18)40-25/h5-15H,3-4,16H2,1-2H3. The molecule has 0 radical (unpaired) electrons. The topological polar surface area (TPSA) is 105 Å². The Kier molecular flexibility index (Phi) is 8.50. The number of hydrogen-bond acceptors (Lipinski definition) is 8. The summed E-state index contributed by atoms with van der Waals surface area (Å²) in [7, 11) is 0. The fraction of sp³-hybridized carbons (Fsp3) is 0.172. The number of carbonyl (C=O) groups is 1. The van der Waals surface area contributed by atoms with Gasteiger partial charge in [-0.25, -0.2) is 9.78 Å². The van der Waals surface area contributed by atoms with Gasteiger partial charge in [-0.15, -0.1) is 0 Å². The first-order chi connectivity index (χ1) is 19.4. The first kappa shape index (κ1) is 27.8. The van der Waals surface area contributed by atoms with Gasteiger partial charge < -0.3 is 18.6 Å². The molecule has 0 spiro atoms. The molecule has 0 fully saturated rings. The number of carbonyl (C=O) groups excluding carboxylic acids is 1. The summed E-state index contributed by atoms with van der Waals surface area (Å²) >= 11 is 5.58. The van der Waals surface area contributed by atoms with E-state index >= 15 is 0 Å². The van der Waals surface area contributed by atoms with E-state index in [0.717, 1.165) is 9.86 Å². The van der Waals surface area contributed by atoms with Crippen molar-refractivity contribution in [1.82, 2.24) is 9.66 Å². The van der Waals surface area contributed by atoms with E-state index in [-0.39, 0.29) is 24.6 Å². The highest BCUT2D eigenvalue weighted by atomic mass is 127. The van der Waals surface area contributed by atoms with Gasteiger partial charge in [-0.2, -0.15) is 9.78 Å². The second-order valence-electron chi connectivity index (χ2n) is 8.46. The lowest BCUT2D eigenvalue weighted by Gasteiger charge is -2.14. The Labute approximate surface area is 251 Å². The Hall–Kier alpha value is -3.71. The summed E-state index contributed by atoms with van der Waals surface area (Å²) in [6.07, 6.45) is 1.54. The Bertz CT molecular complexity index is 1810. The van der Waals surface area contributed by atoms with Crippen LogP contribution in [0.5, 0.6) is 11.5 Å². The van der Waals surface area contributed by atoms with Gasteiger partial charge in [0, 0.05) is 9.86 Å². The maximum Gasteiger partial charge on any atom is 0.344 e. The third kappa shape index (κ3) is 5.89. The average molecular weight is 716 g/mol. The second kappa shape index (κ2) is 12.2. The lowest BCUT2D eigenvalue weighted by atomic mass is 10.2. The quantitative estimate of drug-likeness (QED) is 0.0989. The number of aromatic nitrogens is 2. The molecule has 0 amide bonds. The molecule has 0 N–H and O–H groups in total. The molecule has 0 aliphatic carbocycles. The van der Waals surface area contributed by atoms with Gasteiger partial charge >= 0.3 is 5.97 Å². The molecule has 204 valence electrons. The minimum absolute atomic E-state index is 0.243. The molecule has 9 nitrogen and oxygen atoms in total. The number of ether oxygens (including phenoxy) is 3. The summed E-state index contributed by atoms with van der Waals surface area (Å²) in [4.78, 5) is 30.1. The highest BCUT2D eigenvalue weighted by Crippen LogP contribution is 2.34. The van der Waals surface area contributed by atoms with Crippen molar-refractivity contribution in [2.45, 2.75) is 13.8 Å². The number of halogens is 2. The molecule has 0 saturated carbocycles. The number of rotatable bonds is 9. The van der Waals surface area contributed by atoms with Crippen molar-refractivity contribution in [1.29, 1.82) is 0 Å². The van der Waals surface area contributed by atoms with Crippen LogP contribution >= 0.6 is 38.5 Å². The number of esters is 1. The van der Waals surface area contributed by atoms with Crippen molar-refractivity contribution < 1.29 is 23.4 Å². The fourth-order valence-electron chi connectivity index (χ4n) is 4.04. The van der Waals surface area contributed by atoms with Gasteiger partial charge in [0.05, 0.1) is 33.9 Å². The summed E-state index contributed by atoms with van der Waals surface area (Å²) in [5, 5.41) is 5.82. The molecule has 3 aromatic carbocycles. The second-order valence-corrected chi connectivity index (χ2v) is 10.5. The minimum Gasteiger partial charge on any atom is -0.490 e. The number of nitrogens with zero attached hydrogens (tertiary/aromatic N) is 3. The monoisotopic (exact) mass is 715 g/mol. The van der Waals surface area contributed by atoms with Crippen LogP contribution in [0.2, 0.25) is 0 Å². The molecule has 40 heavy (non-hydrogen) atoms. The highest BCUT2D eigenvalue weighted by molar-refractivity contribution is 14.1. The van der Waals surface area contributed by atoms with Crippen molar-refractivity contribution >= 4 is 72.6 Å². The highest BCUT2D eigenvalue weighted by Gasteiger charge is 2.18. The van der Waals surface area contributed by atoms with Crippen LogP contribution in [0.1, 0.15) is 19.4 Å². The van der Waals surface area contributed by atoms with E-state index in [2.05, 4.69) is 43.6 Å². The van der Waals surface area contributed by atoms with Crippen LogP contribution in [-0.2, 0) is 9.53 Å². The van der Waals surface area contributed by atoms with Gasteiger partial charge in [0.25, 0.3) is 5.56 Å². The smallest absolute Gasteiger partial charge is 0.344 e. The predicted molar refractivity (Wildman–Crippen MR) is 164 cm³/mol. The molecule has 0 aliphatic rings. The number of furan rings is 1. The molecule has 0 bridgehead atoms. The van der Waals surface area contributed by atoms with Gasteiger partial charge in [0.1, 0.15) is 5.58 Å². The van der Waals surface area contributed by atoms with E-state index < -0.39 is 5.97 Å². The zero-order chi connectivity index (χ0) is 28.2. The molecule has 0 atom stereocenters. The van der Waals surface area contributed by atoms with Crippen molar-refractivity contribution in [3.05, 3.63) is 84.6 Å². The summed E-state index contributed by atoms with van der Waals surface area (Å²) in [5.74, 6) is 1.06. The van der Waals surface area contributed by atoms with Crippen LogP contribution in [0, 0.1) is 3.57 Å². The zero-order valence-electron chi connectivity index (χ0n) is 21.5. The van der Waals surface area contributed by atoms with Crippen LogP contribution < -0.4 is 15.0 Å². The van der Waals surface area contributed by atoms with Crippen LogP contribution in [-0.4, -0.2) is 41.7 Å². The average Bonchev–Trinajstić information content (AvgIpc) is 3.35. The van der Waals surface area contributed by atoms with E-state index in [9.17, 15) is 9.59 Å². The fourth-order valence-corrected chi connectivity index (χ4v) is 5.20. The van der Waals surface area contributed by atoms with Gasteiger partial charge in [-0.05, 0) is 90.5 Å². The van der Waals surface area contributed by atoms with Gasteiger partial charge in [-0.3, -0.25) is 4.79 Å². The lowest BCUT2D eigenvalue weighted by Crippen LogP contribution is -2.20. The zero-order valence-corrected chi connectivity index (χ0v) is 25.3. The van der Waals surface area contributed by atoms with E-state index in [1.54, 1.807) is 37.4 Å². The molecule has 11 heteroatoms. The van der Waals surface area contributed by atoms with Gasteiger partial charge in [-0.1, -0.05) is 28.1 Å². The number of hydrogen-bond donors (Lipinski definition) is 0. The van der Waals surface area contributed by atoms with Gasteiger partial charge in [0.2, 0.25) is 5.82 Å². The summed E-state index contributed by atoms with van der Waals surface area (Å²) in [6.45, 7) is 3.99. The molecule has 0 aliphatic heterocycles. The third-order valence-electron chi connectivity index (χ3n) is 5.75. The van der Waals surface area contributed by atoms with Crippen LogP contribution in [0.3, 0.4) is 0 Å². The third-order valence-corrected chi connectivity index (χ3v) is 7.04. The van der Waals surface area contributed by atoms with Gasteiger partial charge in [0.15, 0.2) is 23.9 Å². The van der Waals surface area contributed by atoms with Crippen molar-refractivity contribution in [3.8, 4) is 23.1 Å². The first-order valence-electron chi connectivity index (χ1n) is 12.4. The molecule has 5 aromatic rings. The normalized spacial score (nSPS) is 11.4. The number of benzene rings is 3. The minimum atomic E-state index is -0.472. The largest absolute Gasteiger partial charge is 0.490 e. The number of para-hydroxylation sites is 1. The van der Waals surface area contributed by atoms with E-state index in [0.29, 0.717) is 49.5 Å². The van der Waals surface area contributed by atoms with Crippen molar-refractivity contribution in [2.75, 3.05) is 19.8 Å². The summed E-state index contributed by atoms with van der Waals surface area (Å²) < 4.78 is 25.3. The number of fused-ring (bicyclic) bond motifs is 2. The van der Waals surface area contributed by atoms with Crippen molar-refractivity contribution in [3.63, 3.8) is 0 Å². The lowest BCUT2D eigenvalue weighted by molar-refractivity contribution is -0.145.